The highest BCUT2D eigenvalue weighted by Gasteiger charge is 2.31. The van der Waals surface area contributed by atoms with Crippen molar-refractivity contribution in [2.24, 2.45) is 5.92 Å². The van der Waals surface area contributed by atoms with Gasteiger partial charge in [-0.15, -0.1) is 11.3 Å². The van der Waals surface area contributed by atoms with Crippen LogP contribution in [0.15, 0.2) is 15.7 Å². The minimum Gasteiger partial charge on any atom is -0.478 e. The average molecular weight is 389 g/mol. The number of nitrogens with zero attached hydrogens (tertiary/aromatic N) is 2. The highest BCUT2D eigenvalue weighted by molar-refractivity contribution is 7.91. The zero-order valence-corrected chi connectivity index (χ0v) is 16.1. The second kappa shape index (κ2) is 8.29. The third kappa shape index (κ3) is 4.59. The molecule has 25 heavy (non-hydrogen) atoms. The summed E-state index contributed by atoms with van der Waals surface area (Å²) in [5, 5.41) is 10.3. The van der Waals surface area contributed by atoms with Crippen LogP contribution < -0.4 is 0 Å². The molecule has 1 amide bonds. The number of amides is 1. The first-order chi connectivity index (χ1) is 11.8. The molecule has 0 radical (unpaired) electrons. The molecule has 0 saturated carbocycles. The van der Waals surface area contributed by atoms with Crippen LogP contribution in [0.3, 0.4) is 0 Å². The van der Waals surface area contributed by atoms with Gasteiger partial charge in [-0.2, -0.15) is 4.31 Å². The smallest absolute Gasteiger partial charge is 0.336 e. The SMILES string of the molecule is CCC(CC)CC(=O)N1CCN(S(=O)(=O)c2cc(C(=O)O)cs2)CC1. The fourth-order valence-corrected chi connectivity index (χ4v) is 5.55. The molecule has 1 aliphatic rings. The number of carbonyl (C=O) groups excluding carboxylic acids is 1. The van der Waals surface area contributed by atoms with Gasteiger partial charge in [-0.25, -0.2) is 13.2 Å². The van der Waals surface area contributed by atoms with Gasteiger partial charge in [0, 0.05) is 38.0 Å². The van der Waals surface area contributed by atoms with E-state index in [0.29, 0.717) is 25.4 Å². The second-order valence-electron chi connectivity index (χ2n) is 6.13. The van der Waals surface area contributed by atoms with E-state index in [-0.39, 0.29) is 28.8 Å². The van der Waals surface area contributed by atoms with Crippen molar-refractivity contribution in [1.29, 1.82) is 0 Å². The number of aromatic carboxylic acids is 1. The number of piperazine rings is 1. The Morgan fingerprint density at radius 2 is 1.80 bits per heavy atom. The van der Waals surface area contributed by atoms with E-state index in [2.05, 4.69) is 13.8 Å². The van der Waals surface area contributed by atoms with Gasteiger partial charge in [0.05, 0.1) is 5.56 Å². The highest BCUT2D eigenvalue weighted by Crippen LogP contribution is 2.25. The quantitative estimate of drug-likeness (QED) is 0.772. The van der Waals surface area contributed by atoms with Crippen molar-refractivity contribution in [3.05, 3.63) is 17.0 Å². The van der Waals surface area contributed by atoms with Gasteiger partial charge in [-0.1, -0.05) is 26.7 Å². The zero-order chi connectivity index (χ0) is 18.6. The Morgan fingerprint density at radius 3 is 2.28 bits per heavy atom. The lowest BCUT2D eigenvalue weighted by Gasteiger charge is -2.34. The van der Waals surface area contributed by atoms with Crippen LogP contribution in [0.2, 0.25) is 0 Å². The third-order valence-electron chi connectivity index (χ3n) is 4.63. The molecule has 0 spiro atoms. The Hall–Kier alpha value is -1.45. The van der Waals surface area contributed by atoms with Gasteiger partial charge in [-0.05, 0) is 12.0 Å². The average Bonchev–Trinajstić information content (AvgIpc) is 3.10. The number of carboxylic acids is 1. The van der Waals surface area contributed by atoms with E-state index in [1.807, 2.05) is 0 Å². The first-order valence-corrected chi connectivity index (χ1v) is 10.7. The summed E-state index contributed by atoms with van der Waals surface area (Å²) in [6.45, 7) is 5.34. The molecule has 1 aromatic rings. The van der Waals surface area contributed by atoms with Crippen molar-refractivity contribution >= 4 is 33.2 Å². The fraction of sp³-hybridized carbons (Fsp3) is 0.625. The van der Waals surface area contributed by atoms with Crippen LogP contribution in [-0.2, 0) is 14.8 Å². The molecule has 9 heteroatoms. The van der Waals surface area contributed by atoms with Crippen LogP contribution in [0, 0.1) is 5.92 Å². The summed E-state index contributed by atoms with van der Waals surface area (Å²) in [4.78, 5) is 25.0. The lowest BCUT2D eigenvalue weighted by atomic mass is 9.99. The maximum absolute atomic E-state index is 12.6. The molecule has 0 aromatic carbocycles. The molecule has 1 fully saturated rings. The Morgan fingerprint density at radius 1 is 1.20 bits per heavy atom. The van der Waals surface area contributed by atoms with Gasteiger partial charge in [0.15, 0.2) is 0 Å². The summed E-state index contributed by atoms with van der Waals surface area (Å²) in [7, 11) is -3.71. The van der Waals surface area contributed by atoms with Crippen molar-refractivity contribution in [2.45, 2.75) is 37.3 Å². The molecule has 2 rings (SSSR count). The lowest BCUT2D eigenvalue weighted by Crippen LogP contribution is -2.50. The minimum absolute atomic E-state index is 0.0254. The Bertz CT molecular complexity index is 717. The predicted molar refractivity (Wildman–Crippen MR) is 95.3 cm³/mol. The molecule has 1 aliphatic heterocycles. The normalized spacial score (nSPS) is 16.4. The van der Waals surface area contributed by atoms with E-state index in [0.717, 1.165) is 24.2 Å². The van der Waals surface area contributed by atoms with Crippen molar-refractivity contribution in [2.75, 3.05) is 26.2 Å². The van der Waals surface area contributed by atoms with E-state index in [1.165, 1.54) is 15.8 Å². The van der Waals surface area contributed by atoms with E-state index < -0.39 is 16.0 Å². The monoisotopic (exact) mass is 388 g/mol. The molecule has 1 saturated heterocycles. The largest absolute Gasteiger partial charge is 0.478 e. The Balaban J connectivity index is 1.98. The molecule has 0 unspecified atom stereocenters. The second-order valence-corrected chi connectivity index (χ2v) is 9.21. The van der Waals surface area contributed by atoms with Gasteiger partial charge in [0.2, 0.25) is 5.91 Å². The number of carbonyl (C=O) groups is 2. The first-order valence-electron chi connectivity index (χ1n) is 8.39. The van der Waals surface area contributed by atoms with Gasteiger partial charge in [0.25, 0.3) is 10.0 Å². The first kappa shape index (κ1) is 19.9. The molecule has 140 valence electrons. The summed E-state index contributed by atoms with van der Waals surface area (Å²) in [6, 6.07) is 1.19. The number of hydrogen-bond donors (Lipinski definition) is 1. The number of thiophene rings is 1. The number of sulfonamides is 1. The molecule has 0 atom stereocenters. The molecule has 1 N–H and O–H groups in total. The maximum atomic E-state index is 12.6. The summed E-state index contributed by atoms with van der Waals surface area (Å²) >= 11 is 0.909. The topological polar surface area (TPSA) is 95.0 Å². The van der Waals surface area contributed by atoms with Crippen molar-refractivity contribution in [3.8, 4) is 0 Å². The zero-order valence-electron chi connectivity index (χ0n) is 14.5. The highest BCUT2D eigenvalue weighted by atomic mass is 32.2. The van der Waals surface area contributed by atoms with Crippen LogP contribution in [0.25, 0.3) is 0 Å². The molecule has 0 aliphatic carbocycles. The molecule has 7 nitrogen and oxygen atoms in total. The third-order valence-corrected chi connectivity index (χ3v) is 7.94. The summed E-state index contributed by atoms with van der Waals surface area (Å²) in [5.41, 5.74) is -0.0254. The Kier molecular flexibility index (Phi) is 6.59. The van der Waals surface area contributed by atoms with Crippen LogP contribution in [0.5, 0.6) is 0 Å². The maximum Gasteiger partial charge on any atom is 0.336 e. The predicted octanol–water partition coefficient (Wildman–Crippen LogP) is 2.11. The summed E-state index contributed by atoms with van der Waals surface area (Å²) < 4.78 is 26.6. The van der Waals surface area contributed by atoms with Gasteiger partial charge in [-0.3, -0.25) is 4.79 Å². The van der Waals surface area contributed by atoms with Crippen molar-refractivity contribution < 1.29 is 23.1 Å². The molecule has 2 heterocycles. The van der Waals surface area contributed by atoms with Crippen molar-refractivity contribution in [1.82, 2.24) is 9.21 Å². The van der Waals surface area contributed by atoms with Crippen LogP contribution in [0.1, 0.15) is 43.5 Å². The Labute approximate surface area is 152 Å². The standard InChI is InChI=1S/C16H24N2O5S2/c1-3-12(4-2)9-14(19)17-5-7-18(8-6-17)25(22,23)15-10-13(11-24-15)16(20)21/h10-12H,3-9H2,1-2H3,(H,20,21). The molecular formula is C16H24N2O5S2. The van der Waals surface area contributed by atoms with E-state index in [4.69, 9.17) is 5.11 Å². The van der Waals surface area contributed by atoms with Crippen LogP contribution in [0.4, 0.5) is 0 Å². The number of carboxylic acid groups (broad SMARTS) is 1. The number of rotatable bonds is 7. The van der Waals surface area contributed by atoms with Gasteiger partial charge < -0.3 is 10.0 Å². The van der Waals surface area contributed by atoms with Crippen molar-refractivity contribution in [3.63, 3.8) is 0 Å². The molecular weight excluding hydrogens is 364 g/mol. The summed E-state index contributed by atoms with van der Waals surface area (Å²) in [6.07, 6.45) is 2.42. The summed E-state index contributed by atoms with van der Waals surface area (Å²) in [5.74, 6) is -0.695. The molecule has 1 aromatic heterocycles. The lowest BCUT2D eigenvalue weighted by molar-refractivity contribution is -0.133. The van der Waals surface area contributed by atoms with Crippen LogP contribution >= 0.6 is 11.3 Å². The van der Waals surface area contributed by atoms with Gasteiger partial charge in [0.1, 0.15) is 4.21 Å². The number of hydrogen-bond acceptors (Lipinski definition) is 5. The van der Waals surface area contributed by atoms with Gasteiger partial charge >= 0.3 is 5.97 Å². The molecule has 0 bridgehead atoms. The van der Waals surface area contributed by atoms with E-state index in [1.54, 1.807) is 4.90 Å². The fourth-order valence-electron chi connectivity index (χ4n) is 2.82. The minimum atomic E-state index is -3.71. The van der Waals surface area contributed by atoms with E-state index in [9.17, 15) is 18.0 Å². The van der Waals surface area contributed by atoms with E-state index >= 15 is 0 Å². The van der Waals surface area contributed by atoms with Crippen LogP contribution in [-0.4, -0.2) is 60.8 Å².